The van der Waals surface area contributed by atoms with Gasteiger partial charge in [-0.1, -0.05) is 11.6 Å². The molecule has 0 aromatic heterocycles. The number of rotatable bonds is 7. The number of carboxylic acids is 1. The number of nitrogens with zero attached hydrogens (tertiary/aromatic N) is 1. The number of hydrogen-bond donors (Lipinski definition) is 1. The molecular weight excluding hydrogens is 302 g/mol. The lowest BCUT2D eigenvalue weighted by atomic mass is 9.89. The normalized spacial score (nSPS) is 16.6. The molecule has 1 aliphatic heterocycles. The Labute approximate surface area is 136 Å². The van der Waals surface area contributed by atoms with E-state index in [1.54, 1.807) is 24.3 Å². The lowest BCUT2D eigenvalue weighted by molar-refractivity contribution is -0.137. The zero-order valence-corrected chi connectivity index (χ0v) is 13.4. The highest BCUT2D eigenvalue weighted by Gasteiger charge is 2.25. The number of halogens is 1. The molecule has 1 fully saturated rings. The van der Waals surface area contributed by atoms with Gasteiger partial charge in [-0.2, -0.15) is 0 Å². The van der Waals surface area contributed by atoms with E-state index in [1.807, 2.05) is 0 Å². The third-order valence-corrected chi connectivity index (χ3v) is 4.45. The minimum Gasteiger partial charge on any atom is -0.481 e. The molecule has 0 aliphatic carbocycles. The number of unbranched alkanes of at least 4 members (excludes halogenated alkanes) is 1. The van der Waals surface area contributed by atoms with Crippen LogP contribution in [-0.4, -0.2) is 41.4 Å². The zero-order chi connectivity index (χ0) is 15.9. The van der Waals surface area contributed by atoms with Gasteiger partial charge < -0.3 is 10.0 Å². The molecule has 0 spiro atoms. The molecule has 0 atom stereocenters. The van der Waals surface area contributed by atoms with Crippen molar-refractivity contribution in [3.8, 4) is 0 Å². The van der Waals surface area contributed by atoms with Crippen LogP contribution in [0.4, 0.5) is 0 Å². The maximum Gasteiger partial charge on any atom is 0.303 e. The van der Waals surface area contributed by atoms with Gasteiger partial charge in [0.1, 0.15) is 0 Å². The molecule has 0 bridgehead atoms. The number of benzene rings is 1. The topological polar surface area (TPSA) is 57.6 Å². The first-order valence-corrected chi connectivity index (χ1v) is 8.18. The Morgan fingerprint density at radius 3 is 2.36 bits per heavy atom. The first kappa shape index (κ1) is 17.0. The first-order chi connectivity index (χ1) is 10.6. The van der Waals surface area contributed by atoms with Crippen LogP contribution in [0.2, 0.25) is 5.02 Å². The van der Waals surface area contributed by atoms with Crippen LogP contribution in [0.1, 0.15) is 42.5 Å². The summed E-state index contributed by atoms with van der Waals surface area (Å²) >= 11 is 5.85. The van der Waals surface area contributed by atoms with Crippen LogP contribution >= 0.6 is 11.6 Å². The highest BCUT2D eigenvalue weighted by molar-refractivity contribution is 6.30. The van der Waals surface area contributed by atoms with Gasteiger partial charge in [0.2, 0.25) is 0 Å². The summed E-state index contributed by atoms with van der Waals surface area (Å²) in [6.07, 6.45) is 3.62. The number of likely N-dealkylation sites (tertiary alicyclic amines) is 1. The summed E-state index contributed by atoms with van der Waals surface area (Å²) in [4.78, 5) is 25.2. The molecule has 120 valence electrons. The van der Waals surface area contributed by atoms with Crippen LogP contribution in [0.15, 0.2) is 24.3 Å². The van der Waals surface area contributed by atoms with Gasteiger partial charge in [0, 0.05) is 22.9 Å². The Balaban J connectivity index is 1.73. The van der Waals surface area contributed by atoms with Crippen molar-refractivity contribution in [2.45, 2.75) is 32.1 Å². The number of carboxylic acid groups (broad SMARTS) is 1. The number of hydrogen-bond acceptors (Lipinski definition) is 3. The quantitative estimate of drug-likeness (QED) is 0.616. The van der Waals surface area contributed by atoms with Crippen LogP contribution in [0.25, 0.3) is 0 Å². The molecule has 2 rings (SSSR count). The summed E-state index contributed by atoms with van der Waals surface area (Å²) < 4.78 is 0. The van der Waals surface area contributed by atoms with Crippen molar-refractivity contribution in [1.29, 1.82) is 0 Å². The Bertz CT molecular complexity index is 507. The molecule has 1 aromatic rings. The number of carbonyl (C=O) groups is 2. The fourth-order valence-corrected chi connectivity index (χ4v) is 3.01. The summed E-state index contributed by atoms with van der Waals surface area (Å²) in [5, 5.41) is 9.26. The lowest BCUT2D eigenvalue weighted by Gasteiger charge is -2.31. The summed E-state index contributed by atoms with van der Waals surface area (Å²) in [6, 6.07) is 7.10. The molecule has 1 heterocycles. The smallest absolute Gasteiger partial charge is 0.303 e. The molecule has 1 N–H and O–H groups in total. The molecule has 4 nitrogen and oxygen atoms in total. The molecule has 0 saturated carbocycles. The predicted octanol–water partition coefficient (Wildman–Crippen LogP) is 3.49. The van der Waals surface area contributed by atoms with Gasteiger partial charge in [-0.3, -0.25) is 9.59 Å². The monoisotopic (exact) mass is 323 g/mol. The third kappa shape index (κ3) is 5.11. The SMILES string of the molecule is O=C(O)CCCCN1CCC(C(=O)c2ccc(Cl)cc2)CC1. The fraction of sp³-hybridized carbons (Fsp3) is 0.529. The van der Waals surface area contributed by atoms with Crippen molar-refractivity contribution in [2.75, 3.05) is 19.6 Å². The van der Waals surface area contributed by atoms with Gasteiger partial charge in [-0.15, -0.1) is 0 Å². The van der Waals surface area contributed by atoms with E-state index in [-0.39, 0.29) is 18.1 Å². The van der Waals surface area contributed by atoms with Crippen molar-refractivity contribution in [3.05, 3.63) is 34.9 Å². The Morgan fingerprint density at radius 2 is 1.77 bits per heavy atom. The summed E-state index contributed by atoms with van der Waals surface area (Å²) in [6.45, 7) is 2.75. The largest absolute Gasteiger partial charge is 0.481 e. The van der Waals surface area contributed by atoms with Crippen LogP contribution in [0.3, 0.4) is 0 Å². The maximum atomic E-state index is 12.4. The van der Waals surface area contributed by atoms with E-state index in [2.05, 4.69) is 4.90 Å². The van der Waals surface area contributed by atoms with Crippen molar-refractivity contribution in [2.24, 2.45) is 5.92 Å². The number of piperidine rings is 1. The average Bonchev–Trinajstić information content (AvgIpc) is 2.52. The minimum atomic E-state index is -0.729. The predicted molar refractivity (Wildman–Crippen MR) is 86.4 cm³/mol. The van der Waals surface area contributed by atoms with Gasteiger partial charge in [0.15, 0.2) is 5.78 Å². The maximum absolute atomic E-state index is 12.4. The van der Waals surface area contributed by atoms with E-state index >= 15 is 0 Å². The molecule has 0 unspecified atom stereocenters. The van der Waals surface area contributed by atoms with Crippen molar-refractivity contribution < 1.29 is 14.7 Å². The van der Waals surface area contributed by atoms with Gasteiger partial charge >= 0.3 is 5.97 Å². The molecule has 1 aromatic carbocycles. The molecular formula is C17H22ClNO3. The molecule has 1 aliphatic rings. The molecule has 1 saturated heterocycles. The minimum absolute atomic E-state index is 0.0939. The van der Waals surface area contributed by atoms with Crippen LogP contribution in [-0.2, 0) is 4.79 Å². The van der Waals surface area contributed by atoms with Crippen molar-refractivity contribution in [1.82, 2.24) is 4.90 Å². The Morgan fingerprint density at radius 1 is 1.14 bits per heavy atom. The van der Waals surface area contributed by atoms with E-state index < -0.39 is 5.97 Å². The highest BCUT2D eigenvalue weighted by atomic mass is 35.5. The van der Waals surface area contributed by atoms with Crippen molar-refractivity contribution in [3.63, 3.8) is 0 Å². The summed E-state index contributed by atoms with van der Waals surface area (Å²) in [5.74, 6) is -0.425. The van der Waals surface area contributed by atoms with Gasteiger partial charge in [0.05, 0.1) is 0 Å². The molecule has 22 heavy (non-hydrogen) atoms. The number of Topliss-reactive ketones (excluding diaryl/α,β-unsaturated/α-hetero) is 1. The number of ketones is 1. The standard InChI is InChI=1S/C17H22ClNO3/c18-15-6-4-13(5-7-15)17(22)14-8-11-19(12-9-14)10-2-1-3-16(20)21/h4-7,14H,1-3,8-12H2,(H,20,21). The van der Waals surface area contributed by atoms with Crippen LogP contribution in [0, 0.1) is 5.92 Å². The second kappa shape index (κ2) is 8.30. The average molecular weight is 324 g/mol. The van der Waals surface area contributed by atoms with Crippen LogP contribution < -0.4 is 0 Å². The van der Waals surface area contributed by atoms with E-state index in [0.717, 1.165) is 50.9 Å². The van der Waals surface area contributed by atoms with E-state index in [0.29, 0.717) is 5.02 Å². The third-order valence-electron chi connectivity index (χ3n) is 4.20. The molecule has 5 heteroatoms. The summed E-state index contributed by atoms with van der Waals surface area (Å²) in [5.41, 5.74) is 0.740. The molecule has 0 radical (unpaired) electrons. The van der Waals surface area contributed by atoms with E-state index in [1.165, 1.54) is 0 Å². The summed E-state index contributed by atoms with van der Waals surface area (Å²) in [7, 11) is 0. The zero-order valence-electron chi connectivity index (χ0n) is 12.6. The fourth-order valence-electron chi connectivity index (χ4n) is 2.88. The van der Waals surface area contributed by atoms with Gasteiger partial charge in [-0.05, 0) is 69.6 Å². The lowest BCUT2D eigenvalue weighted by Crippen LogP contribution is -2.36. The first-order valence-electron chi connectivity index (χ1n) is 7.80. The van der Waals surface area contributed by atoms with Crippen molar-refractivity contribution >= 4 is 23.4 Å². The Hall–Kier alpha value is -1.39. The number of carbonyl (C=O) groups excluding carboxylic acids is 1. The van der Waals surface area contributed by atoms with E-state index in [4.69, 9.17) is 16.7 Å². The second-order valence-electron chi connectivity index (χ2n) is 5.84. The van der Waals surface area contributed by atoms with Gasteiger partial charge in [0.25, 0.3) is 0 Å². The van der Waals surface area contributed by atoms with Gasteiger partial charge in [-0.25, -0.2) is 0 Å². The molecule has 0 amide bonds. The Kier molecular flexibility index (Phi) is 6.40. The van der Waals surface area contributed by atoms with Crippen LogP contribution in [0.5, 0.6) is 0 Å². The van der Waals surface area contributed by atoms with E-state index in [9.17, 15) is 9.59 Å². The second-order valence-corrected chi connectivity index (χ2v) is 6.27. The highest BCUT2D eigenvalue weighted by Crippen LogP contribution is 2.23. The number of aliphatic carboxylic acids is 1.